The van der Waals surface area contributed by atoms with Crippen LogP contribution in [0.5, 0.6) is 0 Å². The highest BCUT2D eigenvalue weighted by Gasteiger charge is 2.09. The minimum atomic E-state index is 1.26. The predicted molar refractivity (Wildman–Crippen MR) is 70.0 cm³/mol. The number of rotatable bonds is 0. The molecule has 0 amide bonds. The van der Waals surface area contributed by atoms with Crippen LogP contribution in [0.3, 0.4) is 0 Å². The molecule has 0 aliphatic rings. The van der Waals surface area contributed by atoms with Gasteiger partial charge in [0.25, 0.3) is 0 Å². The second-order valence-electron chi connectivity index (χ2n) is 4.54. The van der Waals surface area contributed by atoms with Crippen LogP contribution >= 0.6 is 0 Å². The highest BCUT2D eigenvalue weighted by atomic mass is 14.7. The molecular weight excluding hydrogens is 194 g/mol. The smallest absolute Gasteiger partial charge is 0.0467 e. The molecule has 0 radical (unpaired) electrons. The summed E-state index contributed by atoms with van der Waals surface area (Å²) in [5.74, 6) is 0. The third-order valence-corrected chi connectivity index (χ3v) is 3.51. The van der Waals surface area contributed by atoms with E-state index in [2.05, 4.69) is 56.1 Å². The van der Waals surface area contributed by atoms with Crippen LogP contribution in [0.15, 0.2) is 30.3 Å². The highest BCUT2D eigenvalue weighted by molar-refractivity contribution is 6.09. The largest absolute Gasteiger partial charge is 0.358 e. The Morgan fingerprint density at radius 2 is 1.62 bits per heavy atom. The number of aryl methyl sites for hydroxylation is 3. The van der Waals surface area contributed by atoms with Crippen LogP contribution < -0.4 is 0 Å². The van der Waals surface area contributed by atoms with E-state index in [-0.39, 0.29) is 0 Å². The molecule has 0 aliphatic heterocycles. The first kappa shape index (κ1) is 9.46. The van der Waals surface area contributed by atoms with Gasteiger partial charge in [-0.1, -0.05) is 24.3 Å². The molecule has 3 aromatic rings. The molecule has 3 rings (SSSR count). The molecule has 0 aliphatic carbocycles. The average molecular weight is 209 g/mol. The Labute approximate surface area is 95.1 Å². The summed E-state index contributed by atoms with van der Waals surface area (Å²) < 4.78 is 0. The lowest BCUT2D eigenvalue weighted by molar-refractivity contribution is 1.25. The lowest BCUT2D eigenvalue weighted by atomic mass is 10.00. The fourth-order valence-electron chi connectivity index (χ4n) is 2.54. The fraction of sp³-hybridized carbons (Fsp3) is 0.200. The summed E-state index contributed by atoms with van der Waals surface area (Å²) in [4.78, 5) is 3.46. The Kier molecular flexibility index (Phi) is 1.84. The minimum Gasteiger partial charge on any atom is -0.358 e. The SMILES string of the molecule is Cc1[nH]c2cc(C)c3ccccc3c2c1C. The molecule has 2 aromatic carbocycles. The Morgan fingerprint density at radius 3 is 2.38 bits per heavy atom. The third kappa shape index (κ3) is 1.12. The predicted octanol–water partition coefficient (Wildman–Crippen LogP) is 4.25. The summed E-state index contributed by atoms with van der Waals surface area (Å²) in [6.07, 6.45) is 0. The van der Waals surface area contributed by atoms with Crippen molar-refractivity contribution in [3.05, 3.63) is 47.2 Å². The van der Waals surface area contributed by atoms with E-state index < -0.39 is 0 Å². The van der Waals surface area contributed by atoms with Gasteiger partial charge >= 0.3 is 0 Å². The van der Waals surface area contributed by atoms with Gasteiger partial charge in [-0.25, -0.2) is 0 Å². The summed E-state index contributed by atoms with van der Waals surface area (Å²) in [5, 5.41) is 4.09. The van der Waals surface area contributed by atoms with Crippen LogP contribution in [-0.4, -0.2) is 4.98 Å². The summed E-state index contributed by atoms with van der Waals surface area (Å²) in [7, 11) is 0. The van der Waals surface area contributed by atoms with Gasteiger partial charge in [0.1, 0.15) is 0 Å². The van der Waals surface area contributed by atoms with Gasteiger partial charge in [0.2, 0.25) is 0 Å². The molecule has 1 nitrogen and oxygen atoms in total. The normalized spacial score (nSPS) is 11.4. The maximum atomic E-state index is 3.46. The molecule has 80 valence electrons. The molecule has 0 unspecified atom stereocenters. The van der Waals surface area contributed by atoms with Crippen LogP contribution in [0.1, 0.15) is 16.8 Å². The lowest BCUT2D eigenvalue weighted by Crippen LogP contribution is -1.80. The number of aromatic nitrogens is 1. The Bertz CT molecular complexity index is 689. The first-order chi connectivity index (χ1) is 7.68. The van der Waals surface area contributed by atoms with Crippen molar-refractivity contribution in [1.29, 1.82) is 0 Å². The van der Waals surface area contributed by atoms with E-state index in [0.29, 0.717) is 0 Å². The zero-order valence-electron chi connectivity index (χ0n) is 9.89. The summed E-state index contributed by atoms with van der Waals surface area (Å²) >= 11 is 0. The van der Waals surface area contributed by atoms with E-state index in [1.165, 1.54) is 38.5 Å². The molecule has 0 atom stereocenters. The molecule has 0 fully saturated rings. The van der Waals surface area contributed by atoms with E-state index in [4.69, 9.17) is 0 Å². The van der Waals surface area contributed by atoms with Gasteiger partial charge in [-0.3, -0.25) is 0 Å². The van der Waals surface area contributed by atoms with Gasteiger partial charge in [-0.15, -0.1) is 0 Å². The summed E-state index contributed by atoms with van der Waals surface area (Å²) in [6, 6.07) is 10.9. The van der Waals surface area contributed by atoms with E-state index in [9.17, 15) is 0 Å². The molecule has 0 spiro atoms. The van der Waals surface area contributed by atoms with E-state index in [1.54, 1.807) is 0 Å². The second kappa shape index (κ2) is 3.11. The number of hydrogen-bond acceptors (Lipinski definition) is 0. The Morgan fingerprint density at radius 1 is 0.938 bits per heavy atom. The quantitative estimate of drug-likeness (QED) is 0.569. The van der Waals surface area contributed by atoms with Gasteiger partial charge in [0.15, 0.2) is 0 Å². The first-order valence-electron chi connectivity index (χ1n) is 5.65. The van der Waals surface area contributed by atoms with Gasteiger partial charge < -0.3 is 4.98 Å². The molecule has 0 bridgehead atoms. The lowest BCUT2D eigenvalue weighted by Gasteiger charge is -2.04. The molecule has 16 heavy (non-hydrogen) atoms. The van der Waals surface area contributed by atoms with Crippen molar-refractivity contribution in [2.45, 2.75) is 20.8 Å². The molecule has 1 heterocycles. The number of H-pyrrole nitrogens is 1. The number of fused-ring (bicyclic) bond motifs is 3. The fourth-order valence-corrected chi connectivity index (χ4v) is 2.54. The summed E-state index contributed by atoms with van der Waals surface area (Å²) in [5.41, 5.74) is 5.23. The van der Waals surface area contributed by atoms with Crippen molar-refractivity contribution < 1.29 is 0 Å². The van der Waals surface area contributed by atoms with Crippen LogP contribution in [0, 0.1) is 20.8 Å². The van der Waals surface area contributed by atoms with Crippen molar-refractivity contribution in [2.24, 2.45) is 0 Å². The van der Waals surface area contributed by atoms with Crippen LogP contribution in [0.4, 0.5) is 0 Å². The van der Waals surface area contributed by atoms with Crippen molar-refractivity contribution in [3.8, 4) is 0 Å². The average Bonchev–Trinajstić information content (AvgIpc) is 2.55. The second-order valence-corrected chi connectivity index (χ2v) is 4.54. The Balaban J connectivity index is 2.66. The number of hydrogen-bond donors (Lipinski definition) is 1. The number of nitrogens with one attached hydrogen (secondary N) is 1. The molecule has 1 heteroatoms. The van der Waals surface area contributed by atoms with E-state index in [0.717, 1.165) is 0 Å². The topological polar surface area (TPSA) is 15.8 Å². The van der Waals surface area contributed by atoms with Crippen LogP contribution in [-0.2, 0) is 0 Å². The molecule has 1 N–H and O–H groups in total. The molecule has 1 aromatic heterocycles. The highest BCUT2D eigenvalue weighted by Crippen LogP contribution is 2.31. The van der Waals surface area contributed by atoms with Crippen molar-refractivity contribution in [3.63, 3.8) is 0 Å². The zero-order valence-corrected chi connectivity index (χ0v) is 9.89. The standard InChI is InChI=1S/C15H15N/c1-9-8-14-15(10(2)11(3)16-14)13-7-5-4-6-12(9)13/h4-8,16H,1-3H3. The molecular formula is C15H15N. The van der Waals surface area contributed by atoms with E-state index >= 15 is 0 Å². The van der Waals surface area contributed by atoms with Crippen molar-refractivity contribution in [2.75, 3.05) is 0 Å². The Hall–Kier alpha value is -1.76. The van der Waals surface area contributed by atoms with Crippen LogP contribution in [0.25, 0.3) is 21.7 Å². The van der Waals surface area contributed by atoms with Crippen LogP contribution in [0.2, 0.25) is 0 Å². The monoisotopic (exact) mass is 209 g/mol. The van der Waals surface area contributed by atoms with Gasteiger partial charge in [-0.05, 0) is 48.7 Å². The molecule has 0 saturated carbocycles. The van der Waals surface area contributed by atoms with E-state index in [1.807, 2.05) is 0 Å². The van der Waals surface area contributed by atoms with Crippen molar-refractivity contribution in [1.82, 2.24) is 4.98 Å². The number of benzene rings is 2. The maximum absolute atomic E-state index is 3.46. The zero-order chi connectivity index (χ0) is 11.3. The van der Waals surface area contributed by atoms with Gasteiger partial charge in [-0.2, -0.15) is 0 Å². The first-order valence-corrected chi connectivity index (χ1v) is 5.65. The molecule has 0 saturated heterocycles. The third-order valence-electron chi connectivity index (χ3n) is 3.51. The van der Waals surface area contributed by atoms with Gasteiger partial charge in [0, 0.05) is 16.6 Å². The minimum absolute atomic E-state index is 1.26. The maximum Gasteiger partial charge on any atom is 0.0467 e. The van der Waals surface area contributed by atoms with Crippen molar-refractivity contribution >= 4 is 21.7 Å². The number of aromatic amines is 1. The van der Waals surface area contributed by atoms with Gasteiger partial charge in [0.05, 0.1) is 0 Å². The summed E-state index contributed by atoms with van der Waals surface area (Å²) in [6.45, 7) is 6.50.